The molecular weight excluding hydrogens is 310 g/mol. The van der Waals surface area contributed by atoms with Gasteiger partial charge in [0, 0.05) is 11.9 Å². The average Bonchev–Trinajstić information content (AvgIpc) is 2.71. The van der Waals surface area contributed by atoms with Crippen LogP contribution in [-0.2, 0) is 19.2 Å². The Morgan fingerprint density at radius 2 is 2.09 bits per heavy atom. The molecule has 7 nitrogen and oxygen atoms in total. The van der Waals surface area contributed by atoms with E-state index in [-0.39, 0.29) is 18.9 Å². The molecule has 1 heterocycles. The predicted molar refractivity (Wildman–Crippen MR) is 79.2 cm³/mol. The van der Waals surface area contributed by atoms with Crippen molar-refractivity contribution in [1.29, 1.82) is 0 Å². The number of benzene rings is 1. The number of carbonyl (C=O) groups is 4. The van der Waals surface area contributed by atoms with Crippen molar-refractivity contribution in [3.63, 3.8) is 0 Å². The molecular formula is C14H14ClN3O4. The van der Waals surface area contributed by atoms with E-state index in [1.54, 1.807) is 18.2 Å². The van der Waals surface area contributed by atoms with Crippen LogP contribution in [-0.4, -0.2) is 36.2 Å². The van der Waals surface area contributed by atoms with Crippen LogP contribution < -0.4 is 15.5 Å². The Morgan fingerprint density at radius 3 is 2.73 bits per heavy atom. The number of imide groups is 1. The standard InChI is InChI=1S/C14H14ClN3O4/c1-8(19)16-7-12(20)17-11-6-13(21)18(14(11)22)10-4-2-3-9(15)5-10/h2-5,11H,6-7H2,1H3,(H,16,19)(H,17,20)/t11-/m1/s1. The summed E-state index contributed by atoms with van der Waals surface area (Å²) in [6.07, 6.45) is -0.128. The third-order valence-electron chi connectivity index (χ3n) is 3.05. The molecule has 2 rings (SSSR count). The highest BCUT2D eigenvalue weighted by atomic mass is 35.5. The molecule has 1 fully saturated rings. The molecule has 1 saturated heterocycles. The lowest BCUT2D eigenvalue weighted by molar-refractivity contribution is -0.127. The molecule has 4 amide bonds. The van der Waals surface area contributed by atoms with Crippen LogP contribution in [0.4, 0.5) is 5.69 Å². The first kappa shape index (κ1) is 16.0. The van der Waals surface area contributed by atoms with Gasteiger partial charge in [-0.3, -0.25) is 19.2 Å². The van der Waals surface area contributed by atoms with Gasteiger partial charge in [-0.1, -0.05) is 17.7 Å². The zero-order chi connectivity index (χ0) is 16.3. The van der Waals surface area contributed by atoms with E-state index < -0.39 is 23.8 Å². The summed E-state index contributed by atoms with van der Waals surface area (Å²) in [4.78, 5) is 47.6. The van der Waals surface area contributed by atoms with Gasteiger partial charge in [0.05, 0.1) is 18.7 Å². The highest BCUT2D eigenvalue weighted by molar-refractivity contribution is 6.31. The van der Waals surface area contributed by atoms with Gasteiger partial charge in [-0.2, -0.15) is 0 Å². The molecule has 0 aromatic heterocycles. The largest absolute Gasteiger partial charge is 0.347 e. The van der Waals surface area contributed by atoms with E-state index in [4.69, 9.17) is 11.6 Å². The maximum absolute atomic E-state index is 12.3. The fraction of sp³-hybridized carbons (Fsp3) is 0.286. The SMILES string of the molecule is CC(=O)NCC(=O)N[C@@H]1CC(=O)N(c2cccc(Cl)c2)C1=O. The Labute approximate surface area is 131 Å². The van der Waals surface area contributed by atoms with Gasteiger partial charge >= 0.3 is 0 Å². The van der Waals surface area contributed by atoms with Gasteiger partial charge in [-0.15, -0.1) is 0 Å². The Hall–Kier alpha value is -2.41. The lowest BCUT2D eigenvalue weighted by atomic mass is 10.2. The molecule has 1 aliphatic heterocycles. The van der Waals surface area contributed by atoms with Crippen LogP contribution >= 0.6 is 11.6 Å². The normalized spacial score (nSPS) is 17.5. The fourth-order valence-corrected chi connectivity index (χ4v) is 2.27. The Morgan fingerprint density at radius 1 is 1.36 bits per heavy atom. The van der Waals surface area contributed by atoms with Crippen molar-refractivity contribution in [3.8, 4) is 0 Å². The van der Waals surface area contributed by atoms with Crippen LogP contribution in [0.2, 0.25) is 5.02 Å². The monoisotopic (exact) mass is 323 g/mol. The summed E-state index contributed by atoms with van der Waals surface area (Å²) in [5.41, 5.74) is 0.362. The second kappa shape index (κ2) is 6.57. The van der Waals surface area contributed by atoms with Crippen LogP contribution in [0, 0.1) is 0 Å². The highest BCUT2D eigenvalue weighted by Crippen LogP contribution is 2.25. The lowest BCUT2D eigenvalue weighted by Gasteiger charge is -2.15. The maximum Gasteiger partial charge on any atom is 0.256 e. The summed E-state index contributed by atoms with van der Waals surface area (Å²) >= 11 is 5.85. The van der Waals surface area contributed by atoms with Crippen molar-refractivity contribution >= 4 is 40.9 Å². The maximum atomic E-state index is 12.3. The second-order valence-corrected chi connectivity index (χ2v) is 5.22. The fourth-order valence-electron chi connectivity index (χ4n) is 2.08. The van der Waals surface area contributed by atoms with Crippen molar-refractivity contribution in [1.82, 2.24) is 10.6 Å². The van der Waals surface area contributed by atoms with E-state index in [0.29, 0.717) is 10.7 Å². The number of hydrogen-bond acceptors (Lipinski definition) is 4. The summed E-state index contributed by atoms with van der Waals surface area (Å²) < 4.78 is 0. The third kappa shape index (κ3) is 3.62. The van der Waals surface area contributed by atoms with Gasteiger partial charge < -0.3 is 10.6 Å². The topological polar surface area (TPSA) is 95.6 Å². The molecule has 0 bridgehead atoms. The zero-order valence-corrected chi connectivity index (χ0v) is 12.5. The minimum absolute atomic E-state index is 0.128. The molecule has 1 aliphatic rings. The van der Waals surface area contributed by atoms with Crippen molar-refractivity contribution in [2.45, 2.75) is 19.4 Å². The number of rotatable bonds is 4. The first-order valence-electron chi connectivity index (χ1n) is 6.54. The Balaban J connectivity index is 2.06. The molecule has 0 unspecified atom stereocenters. The van der Waals surface area contributed by atoms with Gasteiger partial charge in [-0.05, 0) is 18.2 Å². The van der Waals surface area contributed by atoms with E-state index in [9.17, 15) is 19.2 Å². The first-order chi connectivity index (χ1) is 10.4. The molecule has 2 N–H and O–H groups in total. The van der Waals surface area contributed by atoms with Gasteiger partial charge in [0.15, 0.2) is 0 Å². The summed E-state index contributed by atoms with van der Waals surface area (Å²) in [6.45, 7) is 1.03. The quantitative estimate of drug-likeness (QED) is 0.775. The first-order valence-corrected chi connectivity index (χ1v) is 6.92. The molecule has 1 aromatic carbocycles. The van der Waals surface area contributed by atoms with Gasteiger partial charge in [0.2, 0.25) is 17.7 Å². The van der Waals surface area contributed by atoms with Gasteiger partial charge in [-0.25, -0.2) is 4.90 Å². The van der Waals surface area contributed by atoms with E-state index >= 15 is 0 Å². The number of nitrogens with zero attached hydrogens (tertiary/aromatic N) is 1. The van der Waals surface area contributed by atoms with Crippen molar-refractivity contribution < 1.29 is 19.2 Å². The van der Waals surface area contributed by atoms with Crippen LogP contribution in [0.15, 0.2) is 24.3 Å². The Bertz CT molecular complexity index is 647. The molecule has 8 heteroatoms. The number of anilines is 1. The number of hydrogen-bond donors (Lipinski definition) is 2. The predicted octanol–water partition coefficient (Wildman–Crippen LogP) is 0.224. The van der Waals surface area contributed by atoms with Crippen LogP contribution in [0.3, 0.4) is 0 Å². The minimum Gasteiger partial charge on any atom is -0.347 e. The van der Waals surface area contributed by atoms with Crippen molar-refractivity contribution in [2.75, 3.05) is 11.4 Å². The third-order valence-corrected chi connectivity index (χ3v) is 3.28. The summed E-state index contributed by atoms with van der Waals surface area (Å²) in [6, 6.07) is 5.40. The van der Waals surface area contributed by atoms with Crippen LogP contribution in [0.1, 0.15) is 13.3 Å². The van der Waals surface area contributed by atoms with Gasteiger partial charge in [0.25, 0.3) is 5.91 Å². The molecule has 1 atom stereocenters. The summed E-state index contributed by atoms with van der Waals surface area (Å²) in [7, 11) is 0. The molecule has 22 heavy (non-hydrogen) atoms. The molecule has 0 spiro atoms. The van der Waals surface area contributed by atoms with E-state index in [0.717, 1.165) is 4.90 Å². The van der Waals surface area contributed by atoms with Crippen molar-refractivity contribution in [3.05, 3.63) is 29.3 Å². The molecule has 0 radical (unpaired) electrons. The van der Waals surface area contributed by atoms with Crippen LogP contribution in [0.25, 0.3) is 0 Å². The number of carbonyl (C=O) groups excluding carboxylic acids is 4. The number of nitrogens with one attached hydrogen (secondary N) is 2. The summed E-state index contributed by atoms with van der Waals surface area (Å²) in [5, 5.41) is 5.15. The van der Waals surface area contributed by atoms with E-state index in [1.165, 1.54) is 13.0 Å². The Kier molecular flexibility index (Phi) is 4.77. The zero-order valence-electron chi connectivity index (χ0n) is 11.8. The lowest BCUT2D eigenvalue weighted by Crippen LogP contribution is -2.45. The van der Waals surface area contributed by atoms with E-state index in [2.05, 4.69) is 10.6 Å². The number of amides is 4. The highest BCUT2D eigenvalue weighted by Gasteiger charge is 2.40. The molecule has 0 saturated carbocycles. The molecule has 116 valence electrons. The molecule has 1 aromatic rings. The second-order valence-electron chi connectivity index (χ2n) is 4.78. The number of halogens is 1. The smallest absolute Gasteiger partial charge is 0.256 e. The van der Waals surface area contributed by atoms with E-state index in [1.807, 2.05) is 0 Å². The minimum atomic E-state index is -0.937. The molecule has 0 aliphatic carbocycles. The van der Waals surface area contributed by atoms with Gasteiger partial charge in [0.1, 0.15) is 6.04 Å². The van der Waals surface area contributed by atoms with Crippen LogP contribution in [0.5, 0.6) is 0 Å². The van der Waals surface area contributed by atoms with Crippen molar-refractivity contribution in [2.24, 2.45) is 0 Å². The summed E-state index contributed by atoms with van der Waals surface area (Å²) in [5.74, 6) is -1.83. The average molecular weight is 324 g/mol.